The standard InChI is InChI=1S/C32H27F2N5O5/c33-21-3-5-22(6-4-21)37-31(40)24-2-1-11-39(32(24)41)23-7-8-29(26(34)18-23)44-28-9-10-35-27-19-30(36-20-25(27)28)43-17-14-38-12-15-42-16-13-38/h1-11,18-20H,12-17H2,(H,37,40). The molecular formula is C32H27F2N5O5. The monoisotopic (exact) mass is 599 g/mol. The van der Waals surface area contributed by atoms with Crippen molar-refractivity contribution in [2.75, 3.05) is 44.8 Å². The molecule has 0 atom stereocenters. The molecule has 1 aliphatic heterocycles. The third-order valence-corrected chi connectivity index (χ3v) is 7.03. The summed E-state index contributed by atoms with van der Waals surface area (Å²) in [7, 11) is 0. The van der Waals surface area contributed by atoms with Crippen molar-refractivity contribution in [2.24, 2.45) is 0 Å². The third kappa shape index (κ3) is 6.56. The average Bonchev–Trinajstić information content (AvgIpc) is 3.04. The summed E-state index contributed by atoms with van der Waals surface area (Å²) in [6.45, 7) is 4.40. The lowest BCUT2D eigenvalue weighted by Gasteiger charge is -2.26. The van der Waals surface area contributed by atoms with E-state index < -0.39 is 23.1 Å². The number of hydrogen-bond donors (Lipinski definition) is 1. The van der Waals surface area contributed by atoms with Crippen LogP contribution in [-0.4, -0.2) is 64.8 Å². The van der Waals surface area contributed by atoms with Gasteiger partial charge in [-0.2, -0.15) is 0 Å². The van der Waals surface area contributed by atoms with Crippen molar-refractivity contribution in [1.82, 2.24) is 19.4 Å². The Morgan fingerprint density at radius 3 is 2.59 bits per heavy atom. The van der Waals surface area contributed by atoms with Gasteiger partial charge in [0.05, 0.1) is 29.8 Å². The van der Waals surface area contributed by atoms with E-state index in [1.165, 1.54) is 54.7 Å². The average molecular weight is 600 g/mol. The number of anilines is 1. The molecule has 10 nitrogen and oxygen atoms in total. The molecule has 0 saturated carbocycles. The Hall–Kier alpha value is -5.20. The van der Waals surface area contributed by atoms with E-state index in [9.17, 15) is 14.0 Å². The van der Waals surface area contributed by atoms with Crippen molar-refractivity contribution in [3.8, 4) is 23.1 Å². The number of hydrogen-bond acceptors (Lipinski definition) is 8. The first-order chi connectivity index (χ1) is 21.4. The van der Waals surface area contributed by atoms with Gasteiger partial charge in [-0.1, -0.05) is 0 Å². The number of aromatic nitrogens is 3. The Morgan fingerprint density at radius 2 is 1.80 bits per heavy atom. The molecule has 44 heavy (non-hydrogen) atoms. The molecule has 0 radical (unpaired) electrons. The van der Waals surface area contributed by atoms with Crippen LogP contribution in [0.5, 0.6) is 17.4 Å². The van der Waals surface area contributed by atoms with Gasteiger partial charge in [0.15, 0.2) is 11.6 Å². The number of carbonyl (C=O) groups is 1. The van der Waals surface area contributed by atoms with Gasteiger partial charge in [0.2, 0.25) is 5.88 Å². The first kappa shape index (κ1) is 28.9. The minimum atomic E-state index is -0.725. The van der Waals surface area contributed by atoms with Crippen LogP contribution in [0.15, 0.2) is 90.1 Å². The summed E-state index contributed by atoms with van der Waals surface area (Å²) in [6.07, 6.45) is 4.54. The van der Waals surface area contributed by atoms with Crippen molar-refractivity contribution in [2.45, 2.75) is 0 Å². The fraction of sp³-hybridized carbons (Fsp3) is 0.188. The van der Waals surface area contributed by atoms with Crippen molar-refractivity contribution in [1.29, 1.82) is 0 Å². The molecule has 1 amide bonds. The van der Waals surface area contributed by atoms with Gasteiger partial charge in [0.1, 0.15) is 23.7 Å². The Morgan fingerprint density at radius 1 is 0.977 bits per heavy atom. The SMILES string of the molecule is O=C(Nc1ccc(F)cc1)c1cccn(-c2ccc(Oc3ccnc4cc(OCCN5CCOCC5)ncc34)c(F)c2)c1=O. The number of fused-ring (bicyclic) bond motifs is 1. The highest BCUT2D eigenvalue weighted by Crippen LogP contribution is 2.31. The lowest BCUT2D eigenvalue weighted by atomic mass is 10.2. The van der Waals surface area contributed by atoms with Crippen LogP contribution in [0.2, 0.25) is 0 Å². The number of nitrogens with one attached hydrogen (secondary N) is 1. The van der Waals surface area contributed by atoms with E-state index in [0.717, 1.165) is 30.3 Å². The molecule has 1 saturated heterocycles. The molecule has 5 aromatic rings. The molecular weight excluding hydrogens is 572 g/mol. The van der Waals surface area contributed by atoms with E-state index in [1.54, 1.807) is 24.5 Å². The molecule has 224 valence electrons. The number of nitrogens with zero attached hydrogens (tertiary/aromatic N) is 4. The van der Waals surface area contributed by atoms with Gasteiger partial charge >= 0.3 is 0 Å². The lowest BCUT2D eigenvalue weighted by Crippen LogP contribution is -2.38. The predicted molar refractivity (Wildman–Crippen MR) is 159 cm³/mol. The maximum absolute atomic E-state index is 15.3. The third-order valence-electron chi connectivity index (χ3n) is 7.03. The van der Waals surface area contributed by atoms with Crippen LogP contribution in [0.25, 0.3) is 16.6 Å². The van der Waals surface area contributed by atoms with Gasteiger partial charge in [-0.3, -0.25) is 24.0 Å². The van der Waals surface area contributed by atoms with Crippen LogP contribution in [-0.2, 0) is 4.74 Å². The molecule has 1 N–H and O–H groups in total. The molecule has 6 rings (SSSR count). The maximum Gasteiger partial charge on any atom is 0.267 e. The smallest absolute Gasteiger partial charge is 0.267 e. The van der Waals surface area contributed by atoms with Crippen molar-refractivity contribution < 1.29 is 27.8 Å². The molecule has 3 aromatic heterocycles. The summed E-state index contributed by atoms with van der Waals surface area (Å²) in [5.74, 6) is -1.18. The topological polar surface area (TPSA) is 108 Å². The van der Waals surface area contributed by atoms with E-state index in [-0.39, 0.29) is 17.0 Å². The number of carbonyl (C=O) groups excluding carboxylic acids is 1. The zero-order valence-corrected chi connectivity index (χ0v) is 23.4. The number of rotatable bonds is 9. The number of ether oxygens (including phenoxy) is 3. The number of amides is 1. The van der Waals surface area contributed by atoms with Gasteiger partial charge < -0.3 is 19.5 Å². The zero-order valence-electron chi connectivity index (χ0n) is 23.4. The molecule has 0 unspecified atom stereocenters. The minimum absolute atomic E-state index is 0.0784. The fourth-order valence-electron chi connectivity index (χ4n) is 4.71. The normalized spacial score (nSPS) is 13.5. The van der Waals surface area contributed by atoms with Crippen LogP contribution in [0, 0.1) is 11.6 Å². The fourth-order valence-corrected chi connectivity index (χ4v) is 4.71. The summed E-state index contributed by atoms with van der Waals surface area (Å²) in [5.41, 5.74) is 0.256. The van der Waals surface area contributed by atoms with E-state index >= 15 is 4.39 Å². The van der Waals surface area contributed by atoms with E-state index in [0.29, 0.717) is 48.0 Å². The number of halogens is 2. The van der Waals surface area contributed by atoms with E-state index in [1.807, 2.05) is 0 Å². The second-order valence-electron chi connectivity index (χ2n) is 9.93. The van der Waals surface area contributed by atoms with Crippen LogP contribution >= 0.6 is 0 Å². The molecule has 1 fully saturated rings. The Balaban J connectivity index is 1.16. The van der Waals surface area contributed by atoms with E-state index in [4.69, 9.17) is 14.2 Å². The van der Waals surface area contributed by atoms with Gasteiger partial charge in [-0.25, -0.2) is 13.8 Å². The molecule has 12 heteroatoms. The molecule has 0 aliphatic carbocycles. The highest BCUT2D eigenvalue weighted by atomic mass is 19.1. The van der Waals surface area contributed by atoms with E-state index in [2.05, 4.69) is 20.2 Å². The first-order valence-corrected chi connectivity index (χ1v) is 13.9. The lowest BCUT2D eigenvalue weighted by molar-refractivity contribution is 0.0320. The minimum Gasteiger partial charge on any atom is -0.476 e. The molecule has 0 spiro atoms. The number of morpholine rings is 1. The second kappa shape index (κ2) is 13.0. The Bertz CT molecular complexity index is 1860. The largest absolute Gasteiger partial charge is 0.476 e. The van der Waals surface area contributed by atoms with Gasteiger partial charge in [0, 0.05) is 56.0 Å². The van der Waals surface area contributed by atoms with Gasteiger partial charge in [0.25, 0.3) is 11.5 Å². The van der Waals surface area contributed by atoms with Crippen molar-refractivity contribution >= 4 is 22.5 Å². The van der Waals surface area contributed by atoms with Crippen molar-refractivity contribution in [3.05, 3.63) is 113 Å². The second-order valence-corrected chi connectivity index (χ2v) is 9.93. The molecule has 1 aliphatic rings. The molecule has 0 bridgehead atoms. The number of pyridine rings is 3. The summed E-state index contributed by atoms with van der Waals surface area (Å²) in [4.78, 5) is 36.9. The first-order valence-electron chi connectivity index (χ1n) is 13.9. The van der Waals surface area contributed by atoms with Crippen molar-refractivity contribution in [3.63, 3.8) is 0 Å². The predicted octanol–water partition coefficient (Wildman–Crippen LogP) is 4.81. The van der Waals surface area contributed by atoms with Crippen LogP contribution in [0.1, 0.15) is 10.4 Å². The summed E-state index contributed by atoms with van der Waals surface area (Å²) >= 11 is 0. The summed E-state index contributed by atoms with van der Waals surface area (Å²) in [6, 6.07) is 15.3. The summed E-state index contributed by atoms with van der Waals surface area (Å²) in [5, 5.41) is 3.12. The number of benzene rings is 2. The van der Waals surface area contributed by atoms with Gasteiger partial charge in [-0.15, -0.1) is 0 Å². The highest BCUT2D eigenvalue weighted by molar-refractivity contribution is 6.04. The zero-order chi connectivity index (χ0) is 30.5. The van der Waals surface area contributed by atoms with Crippen LogP contribution in [0.4, 0.5) is 14.5 Å². The van der Waals surface area contributed by atoms with Gasteiger partial charge in [-0.05, 0) is 54.6 Å². The maximum atomic E-state index is 15.3. The van der Waals surface area contributed by atoms with Crippen LogP contribution in [0.3, 0.4) is 0 Å². The molecule has 4 heterocycles. The van der Waals surface area contributed by atoms with Crippen LogP contribution < -0.4 is 20.3 Å². The Kier molecular flexibility index (Phi) is 8.52. The summed E-state index contributed by atoms with van der Waals surface area (Å²) < 4.78 is 46.7. The quantitative estimate of drug-likeness (QED) is 0.257. The molecule has 2 aromatic carbocycles. The highest BCUT2D eigenvalue weighted by Gasteiger charge is 2.16. The Labute approximate surface area is 250 Å².